The molecule has 10 heteroatoms. The SMILES string of the molecule is CCCCCCCCCCC=CCC=CCCC(=O)OC(COC(=O)CCC=CCCCCCCCCCCCC)COP(=O)(O)OCCN. The molecule has 0 aliphatic rings. The van der Waals surface area contributed by atoms with Crippen LogP contribution < -0.4 is 5.73 Å². The van der Waals surface area contributed by atoms with Crippen LogP contribution in [0, 0.1) is 0 Å². The molecule has 0 bridgehead atoms. The number of phosphoric ester groups is 1. The fraction of sp³-hybridized carbons (Fsp3) is 0.800. The van der Waals surface area contributed by atoms with Gasteiger partial charge in [0.2, 0.25) is 0 Å². The van der Waals surface area contributed by atoms with Crippen LogP contribution in [0.2, 0.25) is 0 Å². The molecule has 0 fully saturated rings. The molecular weight excluding hydrogens is 653 g/mol. The molecule has 0 heterocycles. The molecule has 50 heavy (non-hydrogen) atoms. The number of hydrogen-bond acceptors (Lipinski definition) is 8. The van der Waals surface area contributed by atoms with Gasteiger partial charge in [-0.25, -0.2) is 4.57 Å². The van der Waals surface area contributed by atoms with Gasteiger partial charge < -0.3 is 20.1 Å². The molecule has 0 aliphatic heterocycles. The zero-order valence-electron chi connectivity index (χ0n) is 31.9. The van der Waals surface area contributed by atoms with Crippen LogP contribution in [0.3, 0.4) is 0 Å². The number of phosphoric acid groups is 1. The number of carbonyl (C=O) groups is 2. The molecule has 0 aliphatic carbocycles. The maximum atomic E-state index is 12.5. The molecule has 0 rings (SSSR count). The lowest BCUT2D eigenvalue weighted by atomic mass is 10.1. The Labute approximate surface area is 305 Å². The third-order valence-corrected chi connectivity index (χ3v) is 9.26. The molecule has 0 aromatic carbocycles. The van der Waals surface area contributed by atoms with Gasteiger partial charge in [-0.05, 0) is 44.9 Å². The lowest BCUT2D eigenvalue weighted by Crippen LogP contribution is -2.29. The number of hydrogen-bond donors (Lipinski definition) is 2. The Bertz CT molecular complexity index is 923. The van der Waals surface area contributed by atoms with E-state index in [1.165, 1.54) is 109 Å². The number of carbonyl (C=O) groups excluding carboxylic acids is 2. The molecule has 3 N–H and O–H groups in total. The second-order valence-corrected chi connectivity index (χ2v) is 14.6. The average Bonchev–Trinajstić information content (AvgIpc) is 3.10. The van der Waals surface area contributed by atoms with E-state index in [1.807, 2.05) is 18.2 Å². The highest BCUT2D eigenvalue weighted by atomic mass is 31.2. The monoisotopic (exact) mass is 728 g/mol. The summed E-state index contributed by atoms with van der Waals surface area (Å²) in [6.45, 7) is 3.61. The molecule has 0 amide bonds. The standard InChI is InChI=1S/C40H74NO8P/c1-3-5-7-9-11-13-15-17-19-21-23-25-27-29-31-33-40(43)49-38(37-48-50(44,45)47-35-34-41)36-46-39(42)32-30-28-26-24-22-20-18-16-14-12-10-8-6-4-2/h21,23,26-29,38H,3-20,22,24-25,30-37,41H2,1-2H3,(H,44,45). The summed E-state index contributed by atoms with van der Waals surface area (Å²) in [6, 6.07) is 0. The number of unbranched alkanes of at least 4 members (excludes halogenated alkanes) is 18. The summed E-state index contributed by atoms with van der Waals surface area (Å²) < 4.78 is 32.5. The van der Waals surface area contributed by atoms with Crippen molar-refractivity contribution in [3.8, 4) is 0 Å². The summed E-state index contributed by atoms with van der Waals surface area (Å²) >= 11 is 0. The van der Waals surface area contributed by atoms with E-state index in [0.29, 0.717) is 12.8 Å². The maximum Gasteiger partial charge on any atom is 0.472 e. The first-order valence-electron chi connectivity index (χ1n) is 20.0. The molecule has 0 aromatic rings. The largest absolute Gasteiger partial charge is 0.472 e. The molecule has 0 aromatic heterocycles. The Morgan fingerprint density at radius 2 is 1.04 bits per heavy atom. The van der Waals surface area contributed by atoms with Crippen molar-refractivity contribution < 1.29 is 37.6 Å². The lowest BCUT2D eigenvalue weighted by Gasteiger charge is -2.19. The van der Waals surface area contributed by atoms with Gasteiger partial charge in [-0.2, -0.15) is 0 Å². The molecule has 0 saturated carbocycles. The van der Waals surface area contributed by atoms with Crippen molar-refractivity contribution >= 4 is 19.8 Å². The molecular formula is C40H74NO8P. The highest BCUT2D eigenvalue weighted by Crippen LogP contribution is 2.43. The van der Waals surface area contributed by atoms with Crippen molar-refractivity contribution in [1.82, 2.24) is 0 Å². The van der Waals surface area contributed by atoms with E-state index in [-0.39, 0.29) is 32.6 Å². The van der Waals surface area contributed by atoms with E-state index < -0.39 is 32.5 Å². The summed E-state index contributed by atoms with van der Waals surface area (Å²) in [4.78, 5) is 34.7. The minimum atomic E-state index is -4.39. The van der Waals surface area contributed by atoms with Gasteiger partial charge in [-0.1, -0.05) is 153 Å². The normalized spacial score (nSPS) is 13.8. The number of ether oxygens (including phenoxy) is 2. The zero-order chi connectivity index (χ0) is 36.8. The number of esters is 2. The van der Waals surface area contributed by atoms with E-state index in [2.05, 4.69) is 32.1 Å². The van der Waals surface area contributed by atoms with Crippen molar-refractivity contribution in [3.63, 3.8) is 0 Å². The predicted octanol–water partition coefficient (Wildman–Crippen LogP) is 11.0. The van der Waals surface area contributed by atoms with Crippen LogP contribution >= 0.6 is 7.82 Å². The zero-order valence-corrected chi connectivity index (χ0v) is 32.8. The minimum absolute atomic E-state index is 0.0419. The van der Waals surface area contributed by atoms with Crippen molar-refractivity contribution in [2.45, 2.75) is 180 Å². The average molecular weight is 728 g/mol. The van der Waals surface area contributed by atoms with Gasteiger partial charge in [0.05, 0.1) is 13.2 Å². The van der Waals surface area contributed by atoms with Crippen LogP contribution in [0.25, 0.3) is 0 Å². The van der Waals surface area contributed by atoms with E-state index >= 15 is 0 Å². The number of allylic oxidation sites excluding steroid dienone is 6. The summed E-state index contributed by atoms with van der Waals surface area (Å²) in [5.74, 6) is -0.963. The summed E-state index contributed by atoms with van der Waals surface area (Å²) in [7, 11) is -4.39. The second-order valence-electron chi connectivity index (χ2n) is 13.1. The number of nitrogens with two attached hydrogens (primary N) is 1. The molecule has 0 spiro atoms. The van der Waals surface area contributed by atoms with Crippen LogP contribution in [0.1, 0.15) is 174 Å². The highest BCUT2D eigenvalue weighted by molar-refractivity contribution is 7.47. The van der Waals surface area contributed by atoms with Crippen molar-refractivity contribution in [2.24, 2.45) is 5.73 Å². The van der Waals surface area contributed by atoms with Gasteiger partial charge in [-0.15, -0.1) is 0 Å². The maximum absolute atomic E-state index is 12.5. The van der Waals surface area contributed by atoms with Crippen LogP contribution in [0.4, 0.5) is 0 Å². The van der Waals surface area contributed by atoms with Crippen molar-refractivity contribution in [1.29, 1.82) is 0 Å². The van der Waals surface area contributed by atoms with E-state index in [4.69, 9.17) is 24.3 Å². The highest BCUT2D eigenvalue weighted by Gasteiger charge is 2.25. The van der Waals surface area contributed by atoms with Crippen LogP contribution in [0.15, 0.2) is 36.5 Å². The summed E-state index contributed by atoms with van der Waals surface area (Å²) in [5.41, 5.74) is 5.33. The van der Waals surface area contributed by atoms with Crippen molar-refractivity contribution in [2.75, 3.05) is 26.4 Å². The first kappa shape index (κ1) is 48.2. The van der Waals surface area contributed by atoms with E-state index in [0.717, 1.165) is 25.7 Å². The van der Waals surface area contributed by atoms with E-state index in [9.17, 15) is 19.0 Å². The van der Waals surface area contributed by atoms with Gasteiger partial charge >= 0.3 is 19.8 Å². The number of rotatable bonds is 37. The Morgan fingerprint density at radius 1 is 0.600 bits per heavy atom. The van der Waals surface area contributed by atoms with Gasteiger partial charge in [0.15, 0.2) is 6.10 Å². The first-order chi connectivity index (χ1) is 24.3. The Morgan fingerprint density at radius 3 is 1.56 bits per heavy atom. The quantitative estimate of drug-likeness (QED) is 0.0277. The first-order valence-corrected chi connectivity index (χ1v) is 21.5. The smallest absolute Gasteiger partial charge is 0.462 e. The van der Waals surface area contributed by atoms with Gasteiger partial charge in [0, 0.05) is 19.4 Å². The Kier molecular flexibility index (Phi) is 35.7. The molecule has 0 radical (unpaired) electrons. The van der Waals surface area contributed by atoms with Gasteiger partial charge in [-0.3, -0.25) is 18.6 Å². The molecule has 9 nitrogen and oxygen atoms in total. The molecule has 2 atom stereocenters. The Balaban J connectivity index is 4.32. The van der Waals surface area contributed by atoms with Gasteiger partial charge in [0.1, 0.15) is 6.61 Å². The third kappa shape index (κ3) is 36.0. The van der Waals surface area contributed by atoms with Crippen LogP contribution in [-0.4, -0.2) is 49.3 Å². The van der Waals surface area contributed by atoms with Gasteiger partial charge in [0.25, 0.3) is 0 Å². The molecule has 2 unspecified atom stereocenters. The fourth-order valence-electron chi connectivity index (χ4n) is 5.29. The van der Waals surface area contributed by atoms with Crippen molar-refractivity contribution in [3.05, 3.63) is 36.5 Å². The van der Waals surface area contributed by atoms with Crippen LogP contribution in [-0.2, 0) is 32.7 Å². The lowest BCUT2D eigenvalue weighted by molar-refractivity contribution is -0.161. The minimum Gasteiger partial charge on any atom is -0.462 e. The topological polar surface area (TPSA) is 134 Å². The molecule has 0 saturated heterocycles. The van der Waals surface area contributed by atoms with Crippen LogP contribution in [0.5, 0.6) is 0 Å². The summed E-state index contributed by atoms with van der Waals surface area (Å²) in [5, 5.41) is 0. The fourth-order valence-corrected chi connectivity index (χ4v) is 6.06. The summed E-state index contributed by atoms with van der Waals surface area (Å²) in [6.07, 6.45) is 39.2. The van der Waals surface area contributed by atoms with E-state index in [1.54, 1.807) is 0 Å². The Hall–Kier alpha value is -1.77. The predicted molar refractivity (Wildman–Crippen MR) is 206 cm³/mol. The third-order valence-electron chi connectivity index (χ3n) is 8.28. The molecule has 292 valence electrons. The second kappa shape index (κ2) is 37.0.